The van der Waals surface area contributed by atoms with Gasteiger partial charge in [0.2, 0.25) is 5.69 Å². The topological polar surface area (TPSA) is 127 Å². The van der Waals surface area contributed by atoms with E-state index in [0.717, 1.165) is 24.8 Å². The van der Waals surface area contributed by atoms with Crippen LogP contribution in [0.25, 0.3) is 0 Å². The Morgan fingerprint density at radius 3 is 2.57 bits per heavy atom. The smallest absolute Gasteiger partial charge is 0.356 e. The molecule has 28 heavy (non-hydrogen) atoms. The molecule has 2 N–H and O–H groups in total. The van der Waals surface area contributed by atoms with Crippen LogP contribution in [0.3, 0.4) is 0 Å². The van der Waals surface area contributed by atoms with Crippen molar-refractivity contribution in [1.29, 1.82) is 0 Å². The monoisotopic (exact) mass is 388 g/mol. The lowest BCUT2D eigenvalue weighted by Gasteiger charge is -2.13. The maximum atomic E-state index is 12.5. The number of hydrogen-bond acceptors (Lipinski definition) is 5. The summed E-state index contributed by atoms with van der Waals surface area (Å²) in [6.07, 6.45) is 4.99. The average Bonchev–Trinajstić information content (AvgIpc) is 3.08. The molecule has 1 heterocycles. The minimum Gasteiger partial charge on any atom is -0.480 e. The highest BCUT2D eigenvalue weighted by atomic mass is 16.6. The molecule has 1 atom stereocenters. The Labute approximate surface area is 162 Å². The Balaban J connectivity index is 2.15. The fourth-order valence-corrected chi connectivity index (χ4v) is 2.88. The van der Waals surface area contributed by atoms with Gasteiger partial charge in [-0.1, -0.05) is 62.9 Å². The molecule has 1 unspecified atom stereocenters. The molecule has 0 bridgehead atoms. The van der Waals surface area contributed by atoms with Gasteiger partial charge in [-0.2, -0.15) is 0 Å². The molecule has 9 nitrogen and oxygen atoms in total. The van der Waals surface area contributed by atoms with E-state index < -0.39 is 28.7 Å². The number of hydrogen-bond donors (Lipinski definition) is 2. The van der Waals surface area contributed by atoms with E-state index in [9.17, 15) is 24.8 Å². The third-order valence-electron chi connectivity index (χ3n) is 4.34. The fraction of sp³-hybridized carbons (Fsp3) is 0.421. The van der Waals surface area contributed by atoms with Crippen molar-refractivity contribution in [1.82, 2.24) is 14.9 Å². The predicted molar refractivity (Wildman–Crippen MR) is 102 cm³/mol. The van der Waals surface area contributed by atoms with Crippen molar-refractivity contribution in [3.8, 4) is 0 Å². The van der Waals surface area contributed by atoms with E-state index in [2.05, 4.69) is 10.3 Å². The quantitative estimate of drug-likeness (QED) is 0.346. The molecule has 1 amide bonds. The lowest BCUT2D eigenvalue weighted by molar-refractivity contribution is -0.392. The summed E-state index contributed by atoms with van der Waals surface area (Å²) in [6, 6.07) is 7.95. The van der Waals surface area contributed by atoms with E-state index in [1.54, 1.807) is 12.1 Å². The molecule has 1 aromatic heterocycles. The summed E-state index contributed by atoms with van der Waals surface area (Å²) in [5, 5.41) is 23.2. The van der Waals surface area contributed by atoms with Crippen LogP contribution in [0.4, 0.5) is 5.82 Å². The fourth-order valence-electron chi connectivity index (χ4n) is 2.88. The molecule has 1 aromatic carbocycles. The van der Waals surface area contributed by atoms with Gasteiger partial charge in [0, 0.05) is 0 Å². The molecule has 0 aliphatic heterocycles. The predicted octanol–water partition coefficient (Wildman–Crippen LogP) is 2.99. The highest BCUT2D eigenvalue weighted by molar-refractivity contribution is 5.97. The number of carbonyl (C=O) groups excluding carboxylic acids is 1. The molecule has 150 valence electrons. The molecule has 0 saturated heterocycles. The van der Waals surface area contributed by atoms with Crippen molar-refractivity contribution in [3.05, 3.63) is 58.0 Å². The number of imidazole rings is 1. The Bertz CT molecular complexity index is 819. The largest absolute Gasteiger partial charge is 0.480 e. The van der Waals surface area contributed by atoms with E-state index in [4.69, 9.17) is 0 Å². The molecule has 0 aliphatic carbocycles. The number of carbonyl (C=O) groups is 2. The number of aromatic nitrogens is 2. The molecule has 0 radical (unpaired) electrons. The van der Waals surface area contributed by atoms with Crippen molar-refractivity contribution in [2.75, 3.05) is 0 Å². The van der Waals surface area contributed by atoms with E-state index in [1.807, 2.05) is 25.1 Å². The summed E-state index contributed by atoms with van der Waals surface area (Å²) in [7, 11) is 0. The minimum absolute atomic E-state index is 0.177. The maximum absolute atomic E-state index is 12.5. The van der Waals surface area contributed by atoms with Crippen molar-refractivity contribution in [2.24, 2.45) is 0 Å². The molecule has 9 heteroatoms. The summed E-state index contributed by atoms with van der Waals surface area (Å²) in [6.45, 7) is 2.22. The second-order valence-electron chi connectivity index (χ2n) is 6.50. The lowest BCUT2D eigenvalue weighted by Crippen LogP contribution is -2.41. The van der Waals surface area contributed by atoms with Gasteiger partial charge in [0.15, 0.2) is 6.33 Å². The molecule has 0 spiro atoms. The number of carboxylic acid groups (broad SMARTS) is 1. The first-order chi connectivity index (χ1) is 13.4. The van der Waals surface area contributed by atoms with Gasteiger partial charge in [0.25, 0.3) is 5.91 Å². The summed E-state index contributed by atoms with van der Waals surface area (Å²) >= 11 is 0. The van der Waals surface area contributed by atoms with Crippen molar-refractivity contribution < 1.29 is 19.6 Å². The highest BCUT2D eigenvalue weighted by Gasteiger charge is 2.30. The Hall–Kier alpha value is -3.23. The summed E-state index contributed by atoms with van der Waals surface area (Å²) in [5.41, 5.74) is 0.426. The van der Waals surface area contributed by atoms with Gasteiger partial charge >= 0.3 is 11.8 Å². The molecule has 0 saturated carbocycles. The molecule has 0 fully saturated rings. The molecular weight excluding hydrogens is 364 g/mol. The summed E-state index contributed by atoms with van der Waals surface area (Å²) in [4.78, 5) is 38.6. The summed E-state index contributed by atoms with van der Waals surface area (Å²) in [5.74, 6) is -2.49. The van der Waals surface area contributed by atoms with Gasteiger partial charge in [-0.25, -0.2) is 14.3 Å². The Kier molecular flexibility index (Phi) is 7.67. The number of nitro groups is 1. The average molecular weight is 388 g/mol. The van der Waals surface area contributed by atoms with Crippen molar-refractivity contribution in [2.45, 2.75) is 51.6 Å². The zero-order chi connectivity index (χ0) is 20.5. The summed E-state index contributed by atoms with van der Waals surface area (Å²) < 4.78 is 1.27. The first kappa shape index (κ1) is 21.1. The normalized spacial score (nSPS) is 11.8. The highest BCUT2D eigenvalue weighted by Crippen LogP contribution is 2.19. The van der Waals surface area contributed by atoms with Gasteiger partial charge < -0.3 is 20.5 Å². The first-order valence-electron chi connectivity index (χ1n) is 9.21. The van der Waals surface area contributed by atoms with E-state index in [1.165, 1.54) is 10.9 Å². The van der Waals surface area contributed by atoms with Crippen molar-refractivity contribution in [3.63, 3.8) is 0 Å². The molecule has 2 aromatic rings. The van der Waals surface area contributed by atoms with Crippen LogP contribution in [-0.4, -0.2) is 37.5 Å². The second-order valence-corrected chi connectivity index (χ2v) is 6.50. The third-order valence-corrected chi connectivity index (χ3v) is 4.34. The number of nitrogens with zero attached hydrogens (tertiary/aromatic N) is 3. The van der Waals surface area contributed by atoms with E-state index >= 15 is 0 Å². The van der Waals surface area contributed by atoms with Gasteiger partial charge in [0.05, 0.1) is 0 Å². The Morgan fingerprint density at radius 2 is 1.96 bits per heavy atom. The number of unbranched alkanes of at least 4 members (excludes halogenated alkanes) is 3. The number of aliphatic carboxylic acids is 1. The number of nitrogens with one attached hydrogen (secondary N) is 1. The number of benzene rings is 1. The van der Waals surface area contributed by atoms with Crippen LogP contribution in [0.1, 0.15) is 55.1 Å². The number of rotatable bonds is 11. The van der Waals surface area contributed by atoms with Crippen LogP contribution < -0.4 is 5.32 Å². The Morgan fingerprint density at radius 1 is 1.25 bits per heavy atom. The van der Waals surface area contributed by atoms with Gasteiger partial charge in [-0.3, -0.25) is 4.79 Å². The molecule has 0 aliphatic rings. The maximum Gasteiger partial charge on any atom is 0.356 e. The van der Waals surface area contributed by atoms with Crippen LogP contribution in [0.2, 0.25) is 0 Å². The van der Waals surface area contributed by atoms with Gasteiger partial charge in [-0.05, 0) is 16.9 Å². The number of carboxylic acids is 1. The molecular formula is C19H24N4O5. The van der Waals surface area contributed by atoms with E-state index in [0.29, 0.717) is 6.42 Å². The molecule has 2 rings (SSSR count). The van der Waals surface area contributed by atoms with Crippen LogP contribution in [0.15, 0.2) is 36.7 Å². The third kappa shape index (κ3) is 5.63. The van der Waals surface area contributed by atoms with Crippen LogP contribution in [-0.2, 0) is 11.3 Å². The van der Waals surface area contributed by atoms with Crippen molar-refractivity contribution >= 4 is 17.7 Å². The number of amides is 1. The van der Waals surface area contributed by atoms with Crippen LogP contribution in [0, 0.1) is 10.1 Å². The van der Waals surface area contributed by atoms with Crippen LogP contribution in [0.5, 0.6) is 0 Å². The van der Waals surface area contributed by atoms with Crippen LogP contribution >= 0.6 is 0 Å². The minimum atomic E-state index is -1.17. The van der Waals surface area contributed by atoms with Gasteiger partial charge in [0.1, 0.15) is 12.6 Å². The zero-order valence-electron chi connectivity index (χ0n) is 15.7. The lowest BCUT2D eigenvalue weighted by atomic mass is 10.1. The first-order valence-corrected chi connectivity index (χ1v) is 9.21. The second kappa shape index (κ2) is 10.2. The van der Waals surface area contributed by atoms with E-state index in [-0.39, 0.29) is 18.7 Å². The SMILES string of the molecule is CCCCCCC(NC(=O)c1ncn(Cc2ccccc2)c1[N+](=O)[O-])C(=O)O. The standard InChI is InChI=1S/C19H24N4O5/c1-2-3-4-8-11-15(19(25)26)21-17(24)16-18(23(27)28)22(13-20-16)12-14-9-6-5-7-10-14/h5-7,9-10,13,15H,2-4,8,11-12H2,1H3,(H,21,24)(H,25,26). The van der Waals surface area contributed by atoms with Gasteiger partial charge in [-0.15, -0.1) is 0 Å². The zero-order valence-corrected chi connectivity index (χ0v) is 15.7.